The molecule has 2 amide bonds. The molecule has 2 aromatic rings. The highest BCUT2D eigenvalue weighted by Crippen LogP contribution is 2.08. The zero-order chi connectivity index (χ0) is 21.2. The topological polar surface area (TPSA) is 89.1 Å². The van der Waals surface area contributed by atoms with Gasteiger partial charge in [-0.3, -0.25) is 9.59 Å². The number of hydrogen-bond acceptors (Lipinski definition) is 5. The zero-order valence-corrected chi connectivity index (χ0v) is 17.6. The molecule has 30 heavy (non-hydrogen) atoms. The van der Waals surface area contributed by atoms with Gasteiger partial charge in [0.05, 0.1) is 26.3 Å². The second-order valence-electron chi connectivity index (χ2n) is 7.64. The summed E-state index contributed by atoms with van der Waals surface area (Å²) in [7, 11) is 0. The van der Waals surface area contributed by atoms with Crippen molar-refractivity contribution < 1.29 is 23.7 Å². The normalized spacial score (nSPS) is 14.4. The van der Waals surface area contributed by atoms with Crippen LogP contribution in [0.4, 0.5) is 5.82 Å². The van der Waals surface area contributed by atoms with Gasteiger partial charge in [0.2, 0.25) is 11.8 Å². The predicted molar refractivity (Wildman–Crippen MR) is 112 cm³/mol. The van der Waals surface area contributed by atoms with Crippen LogP contribution in [-0.4, -0.2) is 67.8 Å². The minimum atomic E-state index is -0.268. The van der Waals surface area contributed by atoms with E-state index < -0.39 is 0 Å². The Kier molecular flexibility index (Phi) is 8.41. The first-order chi connectivity index (χ1) is 14.6. The van der Waals surface area contributed by atoms with Gasteiger partial charge in [-0.25, -0.2) is 0 Å². The first-order valence-electron chi connectivity index (χ1n) is 10.6. The third kappa shape index (κ3) is 7.27. The van der Waals surface area contributed by atoms with Crippen LogP contribution < -0.4 is 10.2 Å². The van der Waals surface area contributed by atoms with Crippen LogP contribution in [-0.2, 0) is 20.7 Å². The second kappa shape index (κ2) is 11.5. The summed E-state index contributed by atoms with van der Waals surface area (Å²) in [6.07, 6.45) is 1.89. The van der Waals surface area contributed by atoms with E-state index in [1.54, 1.807) is 17.9 Å². The number of amides is 2. The van der Waals surface area contributed by atoms with Crippen molar-refractivity contribution in [3.8, 4) is 0 Å². The Hall–Kier alpha value is -2.71. The molecule has 0 spiro atoms. The van der Waals surface area contributed by atoms with Crippen molar-refractivity contribution in [3.05, 3.63) is 47.7 Å². The van der Waals surface area contributed by atoms with Crippen molar-refractivity contribution in [1.82, 2.24) is 10.1 Å². The molecule has 3 rings (SSSR count). The van der Waals surface area contributed by atoms with Gasteiger partial charge >= 0.3 is 0 Å². The number of ether oxygens (including phenoxy) is 1. The van der Waals surface area contributed by atoms with Gasteiger partial charge in [-0.05, 0) is 18.9 Å². The fourth-order valence-electron chi connectivity index (χ4n) is 3.56. The van der Waals surface area contributed by atoms with E-state index in [0.717, 1.165) is 44.8 Å². The number of rotatable bonds is 10. The summed E-state index contributed by atoms with van der Waals surface area (Å²) < 4.78 is 10.4. The van der Waals surface area contributed by atoms with Crippen LogP contribution in [0.15, 0.2) is 40.9 Å². The molecule has 1 saturated heterocycles. The first kappa shape index (κ1) is 22.0. The van der Waals surface area contributed by atoms with Crippen LogP contribution in [0.5, 0.6) is 0 Å². The van der Waals surface area contributed by atoms with Crippen molar-refractivity contribution >= 4 is 17.6 Å². The number of nitrogens with one attached hydrogen (secondary N) is 2. The van der Waals surface area contributed by atoms with Crippen molar-refractivity contribution in [2.45, 2.75) is 26.2 Å². The lowest BCUT2D eigenvalue weighted by Crippen LogP contribution is -3.14. The largest absolute Gasteiger partial charge is 0.370 e. The maximum Gasteiger partial charge on any atom is 0.245 e. The molecule has 0 aliphatic carbocycles. The average Bonchev–Trinajstić information content (AvgIpc) is 3.17. The van der Waals surface area contributed by atoms with Gasteiger partial charge in [-0.1, -0.05) is 35.5 Å². The highest BCUT2D eigenvalue weighted by molar-refractivity contribution is 5.93. The quantitative estimate of drug-likeness (QED) is 0.596. The molecule has 2 heterocycles. The molecule has 162 valence electrons. The molecule has 1 fully saturated rings. The van der Waals surface area contributed by atoms with E-state index in [0.29, 0.717) is 31.0 Å². The maximum absolute atomic E-state index is 12.9. The first-order valence-corrected chi connectivity index (χ1v) is 10.6. The van der Waals surface area contributed by atoms with Crippen LogP contribution in [0.1, 0.15) is 24.2 Å². The summed E-state index contributed by atoms with van der Waals surface area (Å²) in [6.45, 7) is 6.86. The lowest BCUT2D eigenvalue weighted by atomic mass is 10.1. The summed E-state index contributed by atoms with van der Waals surface area (Å²) in [5, 5.41) is 6.48. The van der Waals surface area contributed by atoms with E-state index in [1.807, 2.05) is 30.3 Å². The van der Waals surface area contributed by atoms with Crippen molar-refractivity contribution in [2.24, 2.45) is 0 Å². The molecule has 1 aromatic carbocycles. The number of nitrogens with zero attached hydrogens (tertiary/aromatic N) is 2. The number of aryl methyl sites for hydroxylation is 2. The third-order valence-electron chi connectivity index (χ3n) is 5.21. The molecule has 8 heteroatoms. The summed E-state index contributed by atoms with van der Waals surface area (Å²) in [5.74, 6) is 0.707. The SMILES string of the molecule is Cc1cc(NC(=O)CN(CCC[NH+]2CCOCC2)C(=O)CCc2ccccc2)no1. The molecule has 1 aromatic heterocycles. The smallest absolute Gasteiger partial charge is 0.245 e. The molecular weight excluding hydrogens is 384 g/mol. The van der Waals surface area contributed by atoms with Gasteiger partial charge in [0, 0.05) is 25.5 Å². The Morgan fingerprint density at radius 3 is 2.67 bits per heavy atom. The Labute approximate surface area is 177 Å². The lowest BCUT2D eigenvalue weighted by molar-refractivity contribution is -0.908. The zero-order valence-electron chi connectivity index (χ0n) is 17.6. The van der Waals surface area contributed by atoms with E-state index in [4.69, 9.17) is 9.26 Å². The molecular formula is C22H31N4O4+. The molecule has 0 saturated carbocycles. The number of carbonyl (C=O) groups is 2. The Bertz CT molecular complexity index is 802. The standard InChI is InChI=1S/C22H30N4O4/c1-18-16-20(24-30-18)23-21(27)17-26(11-5-10-25-12-14-29-15-13-25)22(28)9-8-19-6-3-2-4-7-19/h2-4,6-7,16H,5,8-15,17H2,1H3,(H,23,24,27)/p+1. The fourth-order valence-corrected chi connectivity index (χ4v) is 3.56. The van der Waals surface area contributed by atoms with Gasteiger partial charge in [-0.15, -0.1) is 0 Å². The molecule has 2 N–H and O–H groups in total. The summed E-state index contributed by atoms with van der Waals surface area (Å²) in [6, 6.07) is 11.6. The number of aromatic nitrogens is 1. The lowest BCUT2D eigenvalue weighted by Gasteiger charge is -2.26. The Balaban J connectivity index is 1.53. The average molecular weight is 416 g/mol. The number of anilines is 1. The van der Waals surface area contributed by atoms with Gasteiger partial charge in [0.1, 0.15) is 18.8 Å². The number of quaternary nitrogens is 1. The van der Waals surface area contributed by atoms with Crippen LogP contribution in [0.3, 0.4) is 0 Å². The number of hydrogen-bond donors (Lipinski definition) is 2. The van der Waals surface area contributed by atoms with Gasteiger partial charge < -0.3 is 24.4 Å². The summed E-state index contributed by atoms with van der Waals surface area (Å²) in [5.41, 5.74) is 1.12. The maximum atomic E-state index is 12.9. The number of benzene rings is 1. The highest BCUT2D eigenvalue weighted by atomic mass is 16.5. The molecule has 0 atom stereocenters. The molecule has 0 unspecified atom stereocenters. The van der Waals surface area contributed by atoms with E-state index in [-0.39, 0.29) is 18.4 Å². The molecule has 1 aliphatic heterocycles. The molecule has 1 aliphatic rings. The molecule has 0 bridgehead atoms. The number of carbonyl (C=O) groups excluding carboxylic acids is 2. The van der Waals surface area contributed by atoms with Gasteiger partial charge in [0.15, 0.2) is 5.82 Å². The van der Waals surface area contributed by atoms with E-state index >= 15 is 0 Å². The van der Waals surface area contributed by atoms with Crippen LogP contribution >= 0.6 is 0 Å². The Morgan fingerprint density at radius 1 is 1.20 bits per heavy atom. The van der Waals surface area contributed by atoms with Crippen molar-refractivity contribution in [1.29, 1.82) is 0 Å². The minimum Gasteiger partial charge on any atom is -0.370 e. The number of morpholine rings is 1. The van der Waals surface area contributed by atoms with E-state index in [9.17, 15) is 9.59 Å². The monoisotopic (exact) mass is 415 g/mol. The van der Waals surface area contributed by atoms with E-state index in [1.165, 1.54) is 4.90 Å². The molecule has 0 radical (unpaired) electrons. The Morgan fingerprint density at radius 2 is 1.97 bits per heavy atom. The van der Waals surface area contributed by atoms with Gasteiger partial charge in [0.25, 0.3) is 0 Å². The van der Waals surface area contributed by atoms with Crippen molar-refractivity contribution in [2.75, 3.05) is 51.3 Å². The summed E-state index contributed by atoms with van der Waals surface area (Å²) in [4.78, 5) is 28.5. The molecule has 8 nitrogen and oxygen atoms in total. The second-order valence-corrected chi connectivity index (χ2v) is 7.64. The van der Waals surface area contributed by atoms with Gasteiger partial charge in [-0.2, -0.15) is 0 Å². The van der Waals surface area contributed by atoms with Crippen molar-refractivity contribution in [3.63, 3.8) is 0 Å². The highest BCUT2D eigenvalue weighted by Gasteiger charge is 2.20. The van der Waals surface area contributed by atoms with Crippen LogP contribution in [0, 0.1) is 6.92 Å². The fraction of sp³-hybridized carbons (Fsp3) is 0.500. The predicted octanol–water partition coefficient (Wildman–Crippen LogP) is 0.688. The van der Waals surface area contributed by atoms with Crippen LogP contribution in [0.2, 0.25) is 0 Å². The summed E-state index contributed by atoms with van der Waals surface area (Å²) >= 11 is 0. The third-order valence-corrected chi connectivity index (χ3v) is 5.21. The van der Waals surface area contributed by atoms with Crippen LogP contribution in [0.25, 0.3) is 0 Å². The minimum absolute atomic E-state index is 0.0117. The van der Waals surface area contributed by atoms with E-state index in [2.05, 4.69) is 10.5 Å².